The molecule has 0 spiro atoms. The van der Waals surface area contributed by atoms with Gasteiger partial charge in [0.25, 0.3) is 5.92 Å². The lowest BCUT2D eigenvalue weighted by molar-refractivity contribution is -0.0437. The Morgan fingerprint density at radius 1 is 1.38 bits per heavy atom. The van der Waals surface area contributed by atoms with E-state index in [-0.39, 0.29) is 11.0 Å². The number of aliphatic hydroxyl groups excluding tert-OH is 1. The molecule has 0 saturated heterocycles. The monoisotopic (exact) mass is 323 g/mol. The van der Waals surface area contributed by atoms with Crippen molar-refractivity contribution in [3.8, 4) is 5.75 Å². The molecule has 0 atom stereocenters. The summed E-state index contributed by atoms with van der Waals surface area (Å²) in [5.41, 5.74) is 0.584. The lowest BCUT2D eigenvalue weighted by Crippen LogP contribution is -2.38. The van der Waals surface area contributed by atoms with Crippen molar-refractivity contribution in [3.63, 3.8) is 0 Å². The van der Waals surface area contributed by atoms with E-state index in [0.717, 1.165) is 0 Å². The van der Waals surface area contributed by atoms with Gasteiger partial charge in [-0.25, -0.2) is 21.9 Å². The minimum atomic E-state index is -4.07. The molecule has 0 saturated carbocycles. The van der Waals surface area contributed by atoms with Gasteiger partial charge in [0.1, 0.15) is 12.4 Å². The van der Waals surface area contributed by atoms with Gasteiger partial charge in [-0.2, -0.15) is 0 Å². The van der Waals surface area contributed by atoms with Crippen LogP contribution in [0.1, 0.15) is 19.4 Å². The summed E-state index contributed by atoms with van der Waals surface area (Å²) in [4.78, 5) is -0.134. The van der Waals surface area contributed by atoms with Crippen LogP contribution in [0.3, 0.4) is 0 Å². The molecule has 0 radical (unpaired) electrons. The van der Waals surface area contributed by atoms with Gasteiger partial charge in [-0.05, 0) is 44.5 Å². The van der Waals surface area contributed by atoms with Crippen molar-refractivity contribution in [3.05, 3.63) is 23.8 Å². The van der Waals surface area contributed by atoms with Gasteiger partial charge in [-0.3, -0.25) is 0 Å². The van der Waals surface area contributed by atoms with E-state index in [1.807, 2.05) is 13.8 Å². The maximum absolute atomic E-state index is 12.9. The molecule has 0 amide bonds. The van der Waals surface area contributed by atoms with Gasteiger partial charge in [-0.1, -0.05) is 0 Å². The summed E-state index contributed by atoms with van der Waals surface area (Å²) < 4.78 is 56.9. The molecule has 0 aliphatic rings. The Labute approximate surface area is 123 Å². The molecule has 0 aliphatic heterocycles. The molecule has 120 valence electrons. The molecular weight excluding hydrogens is 304 g/mol. The molecule has 0 heterocycles. The first kappa shape index (κ1) is 17.8. The average molecular weight is 323 g/mol. The van der Waals surface area contributed by atoms with Crippen molar-refractivity contribution in [2.45, 2.75) is 37.7 Å². The van der Waals surface area contributed by atoms with Crippen molar-refractivity contribution >= 4 is 10.0 Å². The van der Waals surface area contributed by atoms with E-state index in [4.69, 9.17) is 9.84 Å². The normalized spacial score (nSPS) is 12.7. The van der Waals surface area contributed by atoms with E-state index in [0.29, 0.717) is 11.3 Å². The molecule has 5 nitrogen and oxygen atoms in total. The van der Waals surface area contributed by atoms with Crippen molar-refractivity contribution in [1.82, 2.24) is 4.72 Å². The van der Waals surface area contributed by atoms with Crippen LogP contribution in [0.4, 0.5) is 8.78 Å². The highest BCUT2D eigenvalue weighted by Gasteiger charge is 2.30. The van der Waals surface area contributed by atoms with Gasteiger partial charge >= 0.3 is 0 Å². The number of nitrogens with one attached hydrogen (secondary N) is 1. The second kappa shape index (κ2) is 6.67. The Bertz CT molecular complexity index is 588. The topological polar surface area (TPSA) is 75.6 Å². The van der Waals surface area contributed by atoms with Crippen molar-refractivity contribution in [2.24, 2.45) is 0 Å². The van der Waals surface area contributed by atoms with Crippen LogP contribution < -0.4 is 9.46 Å². The Hall–Kier alpha value is -1.25. The summed E-state index contributed by atoms with van der Waals surface area (Å²) in [5.74, 6) is -2.97. The highest BCUT2D eigenvalue weighted by atomic mass is 32.2. The lowest BCUT2D eigenvalue weighted by Gasteiger charge is -2.16. The summed E-state index contributed by atoms with van der Waals surface area (Å²) in [5, 5.41) is 8.42. The number of rotatable bonds is 7. The second-order valence-corrected chi connectivity index (χ2v) is 6.70. The Balaban J connectivity index is 2.92. The van der Waals surface area contributed by atoms with Gasteiger partial charge < -0.3 is 9.84 Å². The highest BCUT2D eigenvalue weighted by molar-refractivity contribution is 7.89. The van der Waals surface area contributed by atoms with Gasteiger partial charge in [0.05, 0.1) is 17.5 Å². The van der Waals surface area contributed by atoms with E-state index in [1.165, 1.54) is 18.2 Å². The van der Waals surface area contributed by atoms with Crippen LogP contribution in [0.25, 0.3) is 0 Å². The number of hydrogen-bond donors (Lipinski definition) is 2. The molecule has 0 fully saturated rings. The molecule has 1 aromatic carbocycles. The predicted octanol–water partition coefficient (Wildman–Crippen LogP) is 1.69. The maximum Gasteiger partial charge on any atom is 0.283 e. The zero-order valence-corrected chi connectivity index (χ0v) is 12.9. The van der Waals surface area contributed by atoms with Gasteiger partial charge in [-0.15, -0.1) is 0 Å². The van der Waals surface area contributed by atoms with Crippen molar-refractivity contribution in [2.75, 3.05) is 13.2 Å². The summed E-state index contributed by atoms with van der Waals surface area (Å²) in [6, 6.07) is 4.11. The van der Waals surface area contributed by atoms with Crippen LogP contribution in [-0.4, -0.2) is 38.7 Å². The number of alkyl halides is 2. The van der Waals surface area contributed by atoms with E-state index in [1.54, 1.807) is 11.6 Å². The molecule has 1 rings (SSSR count). The van der Waals surface area contributed by atoms with Crippen LogP contribution in [0.2, 0.25) is 0 Å². The first-order valence-corrected chi connectivity index (χ1v) is 7.81. The number of hydrogen-bond acceptors (Lipinski definition) is 4. The van der Waals surface area contributed by atoms with Gasteiger partial charge in [0.2, 0.25) is 10.0 Å². The SMILES string of the molecule is Cc1cc(S(=O)(=O)NCC(F)(F)CO)ccc1OC(C)C. The quantitative estimate of drug-likeness (QED) is 0.801. The molecule has 0 bridgehead atoms. The zero-order chi connectivity index (χ0) is 16.3. The summed E-state index contributed by atoms with van der Waals surface area (Å²) >= 11 is 0. The third-order valence-electron chi connectivity index (χ3n) is 2.57. The minimum Gasteiger partial charge on any atom is -0.491 e. The highest BCUT2D eigenvalue weighted by Crippen LogP contribution is 2.23. The summed E-state index contributed by atoms with van der Waals surface area (Å²) in [7, 11) is -4.07. The van der Waals surface area contributed by atoms with Crippen molar-refractivity contribution in [1.29, 1.82) is 0 Å². The van der Waals surface area contributed by atoms with E-state index >= 15 is 0 Å². The van der Waals surface area contributed by atoms with E-state index in [9.17, 15) is 17.2 Å². The molecule has 8 heteroatoms. The van der Waals surface area contributed by atoms with Crippen LogP contribution in [0, 0.1) is 6.92 Å². The Kier molecular flexibility index (Phi) is 5.66. The fourth-order valence-corrected chi connectivity index (χ4v) is 2.66. The number of halogens is 2. The molecule has 21 heavy (non-hydrogen) atoms. The van der Waals surface area contributed by atoms with E-state index in [2.05, 4.69) is 0 Å². The summed E-state index contributed by atoms with van der Waals surface area (Å²) in [6.45, 7) is 2.76. The maximum atomic E-state index is 12.9. The van der Waals surface area contributed by atoms with Crippen LogP contribution in [0.15, 0.2) is 23.1 Å². The number of aryl methyl sites for hydroxylation is 1. The third kappa shape index (κ3) is 5.22. The molecule has 1 aromatic rings. The molecule has 0 unspecified atom stereocenters. The number of ether oxygens (including phenoxy) is 1. The van der Waals surface area contributed by atoms with E-state index < -0.39 is 29.1 Å². The van der Waals surface area contributed by atoms with Crippen molar-refractivity contribution < 1.29 is 27.0 Å². The first-order valence-electron chi connectivity index (χ1n) is 6.33. The van der Waals surface area contributed by atoms with Gasteiger partial charge in [0.15, 0.2) is 0 Å². The second-order valence-electron chi connectivity index (χ2n) is 4.93. The van der Waals surface area contributed by atoms with Crippen LogP contribution in [-0.2, 0) is 10.0 Å². The Morgan fingerprint density at radius 3 is 2.48 bits per heavy atom. The van der Waals surface area contributed by atoms with Crippen LogP contribution >= 0.6 is 0 Å². The number of sulfonamides is 1. The smallest absolute Gasteiger partial charge is 0.283 e. The zero-order valence-electron chi connectivity index (χ0n) is 12.1. The summed E-state index contributed by atoms with van der Waals surface area (Å²) in [6.07, 6.45) is -0.0625. The average Bonchev–Trinajstić information content (AvgIpc) is 2.38. The standard InChI is InChI=1S/C13H19F2NO4S/c1-9(2)20-12-5-4-11(6-10(12)3)21(18,19)16-7-13(14,15)8-17/h4-6,9,16-17H,7-8H2,1-3H3. The number of benzene rings is 1. The predicted molar refractivity (Wildman–Crippen MR) is 74.2 cm³/mol. The number of aliphatic hydroxyl groups is 1. The molecular formula is C13H19F2NO4S. The Morgan fingerprint density at radius 2 is 2.00 bits per heavy atom. The largest absolute Gasteiger partial charge is 0.491 e. The molecule has 0 aliphatic carbocycles. The first-order chi connectivity index (χ1) is 9.57. The fourth-order valence-electron chi connectivity index (χ4n) is 1.52. The lowest BCUT2D eigenvalue weighted by atomic mass is 10.2. The molecule has 0 aromatic heterocycles. The fraction of sp³-hybridized carbons (Fsp3) is 0.538. The van der Waals surface area contributed by atoms with Crippen LogP contribution in [0.5, 0.6) is 5.75 Å². The molecule has 2 N–H and O–H groups in total. The third-order valence-corrected chi connectivity index (χ3v) is 3.97. The van der Waals surface area contributed by atoms with Gasteiger partial charge in [0, 0.05) is 0 Å². The minimum absolute atomic E-state index is 0.0625.